The maximum absolute atomic E-state index is 6.05. The highest BCUT2D eigenvalue weighted by molar-refractivity contribution is 9.13. The molecule has 1 aromatic heterocycles. The topological polar surface area (TPSA) is 0 Å². The van der Waals surface area contributed by atoms with E-state index in [4.69, 9.17) is 11.6 Å². The molecule has 0 fully saturated rings. The summed E-state index contributed by atoms with van der Waals surface area (Å²) in [5, 5.41) is 0.768. The molecular formula is C12H8Br3ClS. The molecule has 0 aliphatic rings. The molecule has 1 aromatic carbocycles. The second-order valence-corrected chi connectivity index (χ2v) is 8.24. The van der Waals surface area contributed by atoms with Crippen molar-refractivity contribution in [3.05, 3.63) is 53.6 Å². The largest absolute Gasteiger partial charge is 0.131 e. The molecule has 17 heavy (non-hydrogen) atoms. The van der Waals surface area contributed by atoms with Crippen molar-refractivity contribution in [1.82, 2.24) is 0 Å². The van der Waals surface area contributed by atoms with Crippen molar-refractivity contribution in [2.45, 2.75) is 11.8 Å². The summed E-state index contributed by atoms with van der Waals surface area (Å²) in [6.07, 6.45) is 0. The Balaban J connectivity index is 2.42. The third kappa shape index (κ3) is 3.16. The Hall–Kier alpha value is 0.650. The van der Waals surface area contributed by atoms with Gasteiger partial charge >= 0.3 is 0 Å². The molecule has 0 spiro atoms. The van der Waals surface area contributed by atoms with Gasteiger partial charge in [0.1, 0.15) is 0 Å². The van der Waals surface area contributed by atoms with Crippen molar-refractivity contribution in [2.75, 3.05) is 0 Å². The average Bonchev–Trinajstić information content (AvgIpc) is 2.62. The van der Waals surface area contributed by atoms with Crippen LogP contribution in [0.4, 0.5) is 0 Å². The zero-order valence-electron chi connectivity index (χ0n) is 8.81. The Morgan fingerprint density at radius 1 is 1.24 bits per heavy atom. The van der Waals surface area contributed by atoms with Crippen molar-refractivity contribution in [1.29, 1.82) is 0 Å². The van der Waals surface area contributed by atoms with Crippen molar-refractivity contribution >= 4 is 70.7 Å². The van der Waals surface area contributed by atoms with Crippen LogP contribution in [0.15, 0.2) is 32.5 Å². The average molecular weight is 459 g/mol. The van der Waals surface area contributed by atoms with Gasteiger partial charge in [0.15, 0.2) is 0 Å². The quantitative estimate of drug-likeness (QED) is 0.438. The van der Waals surface area contributed by atoms with Gasteiger partial charge in [0.2, 0.25) is 0 Å². The monoisotopic (exact) mass is 456 g/mol. The molecule has 0 amide bonds. The molecule has 1 atom stereocenters. The molecule has 2 rings (SSSR count). The first-order valence-electron chi connectivity index (χ1n) is 4.84. The van der Waals surface area contributed by atoms with Crippen molar-refractivity contribution in [3.63, 3.8) is 0 Å². The van der Waals surface area contributed by atoms with E-state index in [1.165, 1.54) is 16.0 Å². The van der Waals surface area contributed by atoms with Gasteiger partial charge < -0.3 is 0 Å². The van der Waals surface area contributed by atoms with E-state index in [0.29, 0.717) is 0 Å². The predicted molar refractivity (Wildman–Crippen MR) is 86.7 cm³/mol. The summed E-state index contributed by atoms with van der Waals surface area (Å²) >= 11 is 18.5. The molecule has 1 unspecified atom stereocenters. The van der Waals surface area contributed by atoms with Crippen LogP contribution in [0.2, 0.25) is 5.02 Å². The molecule has 0 N–H and O–H groups in total. The summed E-state index contributed by atoms with van der Waals surface area (Å²) in [5.41, 5.74) is 2.44. The van der Waals surface area contributed by atoms with Crippen LogP contribution in [-0.4, -0.2) is 0 Å². The Morgan fingerprint density at radius 2 is 1.94 bits per heavy atom. The van der Waals surface area contributed by atoms with Crippen molar-refractivity contribution in [2.24, 2.45) is 0 Å². The maximum Gasteiger partial charge on any atom is 0.0843 e. The first-order chi connectivity index (χ1) is 7.99. The number of aryl methyl sites for hydroxylation is 1. The van der Waals surface area contributed by atoms with E-state index < -0.39 is 0 Å². The van der Waals surface area contributed by atoms with Crippen molar-refractivity contribution in [3.8, 4) is 0 Å². The Morgan fingerprint density at radius 3 is 2.53 bits per heavy atom. The van der Waals surface area contributed by atoms with Crippen LogP contribution in [0.25, 0.3) is 0 Å². The van der Waals surface area contributed by atoms with Gasteiger partial charge in [0.25, 0.3) is 0 Å². The van der Waals surface area contributed by atoms with Crippen LogP contribution < -0.4 is 0 Å². The van der Waals surface area contributed by atoms with Crippen LogP contribution in [0.3, 0.4) is 0 Å². The molecule has 0 saturated heterocycles. The van der Waals surface area contributed by atoms with E-state index in [-0.39, 0.29) is 4.83 Å². The van der Waals surface area contributed by atoms with Crippen LogP contribution in [0.5, 0.6) is 0 Å². The molecule has 5 heteroatoms. The fourth-order valence-corrected chi connectivity index (χ4v) is 4.70. The highest BCUT2D eigenvalue weighted by Crippen LogP contribution is 2.42. The first kappa shape index (κ1) is 14.1. The zero-order chi connectivity index (χ0) is 12.6. The fourth-order valence-electron chi connectivity index (χ4n) is 1.53. The van der Waals surface area contributed by atoms with Crippen LogP contribution >= 0.6 is 70.7 Å². The fraction of sp³-hybridized carbons (Fsp3) is 0.167. The van der Waals surface area contributed by atoms with Gasteiger partial charge in [-0.1, -0.05) is 33.6 Å². The molecule has 0 radical (unpaired) electrons. The minimum absolute atomic E-state index is 0.175. The summed E-state index contributed by atoms with van der Waals surface area (Å²) in [7, 11) is 0. The Labute approximate surface area is 135 Å². The van der Waals surface area contributed by atoms with Crippen LogP contribution in [-0.2, 0) is 0 Å². The van der Waals surface area contributed by atoms with Crippen LogP contribution in [0.1, 0.15) is 20.8 Å². The number of alkyl halides is 1. The van der Waals surface area contributed by atoms with Crippen molar-refractivity contribution < 1.29 is 0 Å². The lowest BCUT2D eigenvalue weighted by molar-refractivity contribution is 1.18. The number of hydrogen-bond donors (Lipinski definition) is 0. The lowest BCUT2D eigenvalue weighted by Gasteiger charge is -2.11. The second-order valence-electron chi connectivity index (χ2n) is 3.63. The van der Waals surface area contributed by atoms with E-state index in [2.05, 4.69) is 60.8 Å². The molecule has 0 bridgehead atoms. The lowest BCUT2D eigenvalue weighted by atomic mass is 10.1. The molecule has 2 aromatic rings. The number of thiophene rings is 1. The summed E-state index contributed by atoms with van der Waals surface area (Å²) in [4.78, 5) is 1.42. The molecule has 90 valence electrons. The molecule has 0 saturated carbocycles. The Kier molecular flexibility index (Phi) is 4.75. The lowest BCUT2D eigenvalue weighted by Crippen LogP contribution is -1.93. The minimum Gasteiger partial charge on any atom is -0.131 e. The van der Waals surface area contributed by atoms with E-state index >= 15 is 0 Å². The van der Waals surface area contributed by atoms with Gasteiger partial charge in [0.05, 0.1) is 8.61 Å². The molecule has 0 aliphatic heterocycles. The van der Waals surface area contributed by atoms with Crippen LogP contribution in [0, 0.1) is 6.92 Å². The van der Waals surface area contributed by atoms with E-state index in [9.17, 15) is 0 Å². The Bertz CT molecular complexity index is 531. The van der Waals surface area contributed by atoms with Gasteiger partial charge in [0, 0.05) is 14.4 Å². The molecule has 0 nitrogen and oxygen atoms in total. The first-order valence-corrected chi connectivity index (χ1v) is 8.53. The highest BCUT2D eigenvalue weighted by Gasteiger charge is 2.17. The summed E-state index contributed by atoms with van der Waals surface area (Å²) in [6.45, 7) is 2.09. The van der Waals surface area contributed by atoms with Gasteiger partial charge in [-0.2, -0.15) is 0 Å². The zero-order valence-corrected chi connectivity index (χ0v) is 15.1. The summed E-state index contributed by atoms with van der Waals surface area (Å²) in [6, 6.07) is 8.09. The second kappa shape index (κ2) is 5.74. The molecule has 0 aliphatic carbocycles. The number of hydrogen-bond acceptors (Lipinski definition) is 1. The maximum atomic E-state index is 6.05. The normalized spacial score (nSPS) is 12.8. The minimum atomic E-state index is 0.175. The SMILES string of the molecule is Cc1ccc(Cl)cc1C(Br)c1cc(Br)c(Br)s1. The third-order valence-electron chi connectivity index (χ3n) is 2.43. The number of halogens is 4. The molecule has 1 heterocycles. The predicted octanol–water partition coefficient (Wildman–Crippen LogP) is 6.72. The van der Waals surface area contributed by atoms with Gasteiger partial charge in [-0.25, -0.2) is 0 Å². The van der Waals surface area contributed by atoms with Gasteiger partial charge in [-0.3, -0.25) is 0 Å². The van der Waals surface area contributed by atoms with E-state index in [1.54, 1.807) is 11.3 Å². The number of rotatable bonds is 2. The third-order valence-corrected chi connectivity index (χ3v) is 7.27. The highest BCUT2D eigenvalue weighted by atomic mass is 79.9. The van der Waals surface area contributed by atoms with Gasteiger partial charge in [-0.05, 0) is 68.1 Å². The summed E-state index contributed by atoms with van der Waals surface area (Å²) < 4.78 is 2.19. The molecular weight excluding hydrogens is 451 g/mol. The summed E-state index contributed by atoms with van der Waals surface area (Å²) in [5.74, 6) is 0. The van der Waals surface area contributed by atoms with E-state index in [1.807, 2.05) is 18.2 Å². The standard InChI is InChI=1S/C12H8Br3ClS/c1-6-2-3-7(16)4-8(6)11(14)10-5-9(13)12(15)17-10/h2-5,11H,1H3. The number of benzene rings is 1. The van der Waals surface area contributed by atoms with Gasteiger partial charge in [-0.15, -0.1) is 11.3 Å². The van der Waals surface area contributed by atoms with E-state index in [0.717, 1.165) is 13.3 Å². The smallest absolute Gasteiger partial charge is 0.0843 e.